The maximum Gasteiger partial charge on any atom is 0.334 e. The zero-order valence-corrected chi connectivity index (χ0v) is 9.34. The summed E-state index contributed by atoms with van der Waals surface area (Å²) in [6.07, 6.45) is -0.920. The molecule has 0 heterocycles. The van der Waals surface area contributed by atoms with E-state index in [1.165, 1.54) is 7.11 Å². The molecule has 5 nitrogen and oxygen atoms in total. The maximum atomic E-state index is 11.9. The van der Waals surface area contributed by atoms with Crippen molar-refractivity contribution in [2.45, 2.75) is 18.1 Å². The fourth-order valence-corrected chi connectivity index (χ4v) is 2.21. The molecular formula is C12H13NO4. The summed E-state index contributed by atoms with van der Waals surface area (Å²) in [5.41, 5.74) is 5.18. The minimum atomic E-state index is -2.00. The molecule has 0 aromatic heterocycles. The van der Waals surface area contributed by atoms with Crippen LogP contribution in [0.25, 0.3) is 0 Å². The van der Waals surface area contributed by atoms with E-state index in [1.54, 1.807) is 24.3 Å². The van der Waals surface area contributed by atoms with Gasteiger partial charge in [0.25, 0.3) is 0 Å². The average molecular weight is 235 g/mol. The van der Waals surface area contributed by atoms with Gasteiger partial charge in [0.2, 0.25) is 5.54 Å². The molecule has 0 bridgehead atoms. The zero-order chi connectivity index (χ0) is 12.6. The summed E-state index contributed by atoms with van der Waals surface area (Å²) < 4.78 is 5.14. The molecule has 2 rings (SSSR count). The summed E-state index contributed by atoms with van der Waals surface area (Å²) in [7, 11) is 1.35. The number of rotatable bonds is 2. The fraction of sp³-hybridized carbons (Fsp3) is 0.333. The summed E-state index contributed by atoms with van der Waals surface area (Å²) in [5.74, 6) is -1.89. The van der Waals surface area contributed by atoms with Gasteiger partial charge in [0.15, 0.2) is 5.78 Å². The van der Waals surface area contributed by atoms with Crippen LogP contribution in [0.3, 0.4) is 0 Å². The van der Waals surface area contributed by atoms with Crippen molar-refractivity contribution in [1.82, 2.24) is 0 Å². The molecule has 0 saturated heterocycles. The number of carbonyl (C=O) groups is 2. The van der Waals surface area contributed by atoms with Gasteiger partial charge in [-0.15, -0.1) is 0 Å². The Balaban J connectivity index is 2.61. The molecule has 90 valence electrons. The third-order valence-corrected chi connectivity index (χ3v) is 3.15. The Kier molecular flexibility index (Phi) is 2.73. The number of ether oxygens (including phenoxy) is 1. The molecule has 17 heavy (non-hydrogen) atoms. The third-order valence-electron chi connectivity index (χ3n) is 3.15. The number of Topliss-reactive ketones (excluding diaryl/α,β-unsaturated/α-hetero) is 1. The lowest BCUT2D eigenvalue weighted by Gasteiger charge is -2.36. The van der Waals surface area contributed by atoms with Gasteiger partial charge in [-0.2, -0.15) is 0 Å². The molecular weight excluding hydrogens is 222 g/mol. The molecule has 0 radical (unpaired) electrons. The topological polar surface area (TPSA) is 89.6 Å². The highest BCUT2D eigenvalue weighted by atomic mass is 16.5. The van der Waals surface area contributed by atoms with Gasteiger partial charge in [-0.3, -0.25) is 4.79 Å². The number of hydrogen-bond donors (Lipinski definition) is 2. The van der Waals surface area contributed by atoms with E-state index in [0.29, 0.717) is 5.56 Å². The number of carboxylic acids is 1. The fourth-order valence-electron chi connectivity index (χ4n) is 2.21. The van der Waals surface area contributed by atoms with Gasteiger partial charge in [0.05, 0.1) is 0 Å². The number of carbonyl (C=O) groups excluding carboxylic acids is 1. The smallest absolute Gasteiger partial charge is 0.334 e. The third kappa shape index (κ3) is 1.55. The van der Waals surface area contributed by atoms with E-state index in [9.17, 15) is 9.59 Å². The minimum Gasteiger partial charge on any atom is -0.479 e. The number of hydrogen-bond acceptors (Lipinski definition) is 4. The van der Waals surface area contributed by atoms with Crippen molar-refractivity contribution in [3.8, 4) is 0 Å². The van der Waals surface area contributed by atoms with Crippen LogP contribution in [0.1, 0.15) is 17.2 Å². The number of methoxy groups -OCH3 is 1. The molecule has 3 N–H and O–H groups in total. The van der Waals surface area contributed by atoms with Crippen LogP contribution in [0.5, 0.6) is 0 Å². The van der Waals surface area contributed by atoms with Crippen molar-refractivity contribution in [1.29, 1.82) is 0 Å². The Morgan fingerprint density at radius 3 is 2.76 bits per heavy atom. The summed E-state index contributed by atoms with van der Waals surface area (Å²) in [6, 6.07) is 7.08. The minimum absolute atomic E-state index is 0.0266. The molecule has 0 amide bonds. The molecule has 2 unspecified atom stereocenters. The Hall–Kier alpha value is -1.72. The molecule has 0 aliphatic heterocycles. The van der Waals surface area contributed by atoms with E-state index in [1.807, 2.05) is 0 Å². The van der Waals surface area contributed by atoms with Crippen molar-refractivity contribution < 1.29 is 19.4 Å². The number of benzene rings is 1. The normalized spacial score (nSPS) is 27.6. The van der Waals surface area contributed by atoms with Gasteiger partial charge in [-0.05, 0) is 11.1 Å². The summed E-state index contributed by atoms with van der Waals surface area (Å²) in [4.78, 5) is 23.1. The van der Waals surface area contributed by atoms with Crippen molar-refractivity contribution in [3.05, 3.63) is 35.4 Å². The standard InChI is InChI=1S/C12H13NO4/c1-17-10-8-5-3-2-4-7(8)6-9(14)12(10,13)11(15)16/h2-5,10H,6,13H2,1H3,(H,15,16). The highest BCUT2D eigenvalue weighted by molar-refractivity contribution is 6.10. The van der Waals surface area contributed by atoms with Gasteiger partial charge >= 0.3 is 5.97 Å². The monoisotopic (exact) mass is 235 g/mol. The predicted octanol–water partition coefficient (Wildman–Crippen LogP) is 0.281. The van der Waals surface area contributed by atoms with Crippen molar-refractivity contribution in [2.24, 2.45) is 5.73 Å². The molecule has 1 aliphatic carbocycles. The van der Waals surface area contributed by atoms with Crippen LogP contribution < -0.4 is 5.73 Å². The molecule has 1 aliphatic rings. The molecule has 1 aromatic carbocycles. The second-order valence-corrected chi connectivity index (χ2v) is 4.09. The zero-order valence-electron chi connectivity index (χ0n) is 9.34. The van der Waals surface area contributed by atoms with Crippen molar-refractivity contribution >= 4 is 11.8 Å². The van der Waals surface area contributed by atoms with Gasteiger partial charge in [-0.1, -0.05) is 24.3 Å². The van der Waals surface area contributed by atoms with Crippen LogP contribution in [0.4, 0.5) is 0 Å². The van der Waals surface area contributed by atoms with Crippen LogP contribution in [-0.4, -0.2) is 29.5 Å². The second-order valence-electron chi connectivity index (χ2n) is 4.09. The number of ketones is 1. The predicted molar refractivity (Wildman–Crippen MR) is 59.5 cm³/mol. The maximum absolute atomic E-state index is 11.9. The molecule has 1 aromatic rings. The van der Waals surface area contributed by atoms with Gasteiger partial charge in [-0.25, -0.2) is 4.79 Å². The van der Waals surface area contributed by atoms with Crippen LogP contribution in [-0.2, 0) is 20.7 Å². The highest BCUT2D eigenvalue weighted by Crippen LogP contribution is 2.36. The van der Waals surface area contributed by atoms with Gasteiger partial charge in [0, 0.05) is 13.5 Å². The Morgan fingerprint density at radius 2 is 2.18 bits per heavy atom. The first-order valence-electron chi connectivity index (χ1n) is 5.18. The number of nitrogens with two attached hydrogens (primary N) is 1. The Labute approximate surface area is 98.2 Å². The van der Waals surface area contributed by atoms with E-state index < -0.39 is 23.4 Å². The molecule has 0 fully saturated rings. The first-order valence-corrected chi connectivity index (χ1v) is 5.18. The van der Waals surface area contributed by atoms with Gasteiger partial charge in [0.1, 0.15) is 6.10 Å². The molecule has 5 heteroatoms. The lowest BCUT2D eigenvalue weighted by atomic mass is 9.75. The molecule has 2 atom stereocenters. The number of carboxylic acid groups (broad SMARTS) is 1. The number of fused-ring (bicyclic) bond motifs is 1. The van der Waals surface area contributed by atoms with E-state index in [4.69, 9.17) is 15.6 Å². The summed E-state index contributed by atoms with van der Waals surface area (Å²) in [5, 5.41) is 9.17. The SMILES string of the molecule is COC1c2ccccc2CC(=O)C1(N)C(=O)O. The van der Waals surface area contributed by atoms with Crippen LogP contribution in [0, 0.1) is 0 Å². The Bertz CT molecular complexity index is 485. The quantitative estimate of drug-likeness (QED) is 0.719. The molecule has 0 spiro atoms. The van der Waals surface area contributed by atoms with Crippen LogP contribution in [0.2, 0.25) is 0 Å². The summed E-state index contributed by atoms with van der Waals surface area (Å²) >= 11 is 0. The lowest BCUT2D eigenvalue weighted by Crippen LogP contribution is -2.62. The van der Waals surface area contributed by atoms with Crippen LogP contribution >= 0.6 is 0 Å². The van der Waals surface area contributed by atoms with E-state index >= 15 is 0 Å². The molecule has 0 saturated carbocycles. The highest BCUT2D eigenvalue weighted by Gasteiger charge is 2.53. The van der Waals surface area contributed by atoms with E-state index in [0.717, 1.165) is 5.56 Å². The number of aliphatic carboxylic acids is 1. The van der Waals surface area contributed by atoms with Gasteiger partial charge < -0.3 is 15.6 Å². The Morgan fingerprint density at radius 1 is 1.53 bits per heavy atom. The second kappa shape index (κ2) is 3.94. The van der Waals surface area contributed by atoms with Crippen molar-refractivity contribution in [2.75, 3.05) is 7.11 Å². The largest absolute Gasteiger partial charge is 0.479 e. The first kappa shape index (κ1) is 11.8. The van der Waals surface area contributed by atoms with E-state index in [-0.39, 0.29) is 6.42 Å². The lowest BCUT2D eigenvalue weighted by molar-refractivity contribution is -0.156. The van der Waals surface area contributed by atoms with E-state index in [2.05, 4.69) is 0 Å². The average Bonchev–Trinajstić information content (AvgIpc) is 2.30. The van der Waals surface area contributed by atoms with Crippen LogP contribution in [0.15, 0.2) is 24.3 Å². The first-order chi connectivity index (χ1) is 8.01. The van der Waals surface area contributed by atoms with Crippen molar-refractivity contribution in [3.63, 3.8) is 0 Å². The summed E-state index contributed by atoms with van der Waals surface area (Å²) in [6.45, 7) is 0.